The average Bonchev–Trinajstić information content (AvgIpc) is 2.74. The van der Waals surface area contributed by atoms with E-state index in [1.54, 1.807) is 12.4 Å². The van der Waals surface area contributed by atoms with Crippen LogP contribution in [0, 0.1) is 0 Å². The van der Waals surface area contributed by atoms with Crippen molar-refractivity contribution in [2.75, 3.05) is 6.61 Å². The zero-order chi connectivity index (χ0) is 20.7. The minimum atomic E-state index is -0.224. The van der Waals surface area contributed by atoms with Crippen molar-refractivity contribution in [3.63, 3.8) is 0 Å². The van der Waals surface area contributed by atoms with Gasteiger partial charge in [0.25, 0.3) is 0 Å². The fraction of sp³-hybridized carbons (Fsp3) is 0.542. The van der Waals surface area contributed by atoms with E-state index in [4.69, 9.17) is 9.47 Å². The van der Waals surface area contributed by atoms with Crippen molar-refractivity contribution >= 4 is 5.97 Å². The van der Waals surface area contributed by atoms with Gasteiger partial charge in [-0.15, -0.1) is 0 Å². The van der Waals surface area contributed by atoms with Gasteiger partial charge in [-0.25, -0.2) is 9.97 Å². The quantitative estimate of drug-likeness (QED) is 0.273. The molecule has 0 saturated carbocycles. The van der Waals surface area contributed by atoms with Crippen LogP contribution in [-0.2, 0) is 4.79 Å². The Hall–Kier alpha value is -2.43. The van der Waals surface area contributed by atoms with Gasteiger partial charge in [-0.1, -0.05) is 58.8 Å². The van der Waals surface area contributed by atoms with Crippen molar-refractivity contribution in [3.05, 3.63) is 36.7 Å². The van der Waals surface area contributed by atoms with E-state index in [9.17, 15) is 4.79 Å². The van der Waals surface area contributed by atoms with Crippen LogP contribution in [0.1, 0.15) is 78.1 Å². The molecule has 1 aromatic heterocycles. The minimum absolute atomic E-state index is 0.224. The molecule has 158 valence electrons. The van der Waals surface area contributed by atoms with Gasteiger partial charge in [0.2, 0.25) is 0 Å². The maximum atomic E-state index is 11.9. The molecule has 29 heavy (non-hydrogen) atoms. The molecule has 0 radical (unpaired) electrons. The molecular formula is C24H34N2O3. The second-order valence-electron chi connectivity index (χ2n) is 7.31. The van der Waals surface area contributed by atoms with E-state index in [1.807, 2.05) is 24.3 Å². The van der Waals surface area contributed by atoms with Crippen LogP contribution in [0.5, 0.6) is 11.5 Å². The summed E-state index contributed by atoms with van der Waals surface area (Å²) in [6, 6.07) is 7.76. The maximum Gasteiger partial charge on any atom is 0.311 e. The zero-order valence-electron chi connectivity index (χ0n) is 17.9. The van der Waals surface area contributed by atoms with Crippen LogP contribution in [0.25, 0.3) is 11.4 Å². The van der Waals surface area contributed by atoms with Crippen molar-refractivity contribution in [3.8, 4) is 22.9 Å². The number of ether oxygens (including phenoxy) is 2. The van der Waals surface area contributed by atoms with E-state index >= 15 is 0 Å². The van der Waals surface area contributed by atoms with Gasteiger partial charge in [-0.2, -0.15) is 0 Å². The lowest BCUT2D eigenvalue weighted by molar-refractivity contribution is -0.134. The molecule has 0 aliphatic heterocycles. The van der Waals surface area contributed by atoms with Crippen LogP contribution in [0.3, 0.4) is 0 Å². The van der Waals surface area contributed by atoms with Gasteiger partial charge >= 0.3 is 5.97 Å². The van der Waals surface area contributed by atoms with Gasteiger partial charge in [0.05, 0.1) is 19.0 Å². The van der Waals surface area contributed by atoms with Gasteiger partial charge in [0, 0.05) is 12.0 Å². The number of aromatic nitrogens is 2. The minimum Gasteiger partial charge on any atom is -0.494 e. The van der Waals surface area contributed by atoms with Gasteiger partial charge < -0.3 is 9.47 Å². The third-order valence-electron chi connectivity index (χ3n) is 4.72. The molecule has 0 N–H and O–H groups in total. The second-order valence-corrected chi connectivity index (χ2v) is 7.31. The summed E-state index contributed by atoms with van der Waals surface area (Å²) in [5.74, 6) is 1.62. The number of hydrogen-bond donors (Lipinski definition) is 0. The molecular weight excluding hydrogens is 364 g/mol. The monoisotopic (exact) mass is 398 g/mol. The molecule has 0 fully saturated rings. The van der Waals surface area contributed by atoms with Gasteiger partial charge in [-0.3, -0.25) is 4.79 Å². The van der Waals surface area contributed by atoms with Gasteiger partial charge in [-0.05, 0) is 37.1 Å². The summed E-state index contributed by atoms with van der Waals surface area (Å²) in [7, 11) is 0. The number of esters is 1. The summed E-state index contributed by atoms with van der Waals surface area (Å²) < 4.78 is 11.1. The lowest BCUT2D eigenvalue weighted by atomic mass is 10.1. The number of unbranched alkanes of at least 4 members (excludes halogenated alkanes) is 7. The molecule has 2 aromatic rings. The molecule has 0 aliphatic carbocycles. The number of rotatable bonds is 14. The normalized spacial score (nSPS) is 10.7. The van der Waals surface area contributed by atoms with Crippen molar-refractivity contribution in [1.82, 2.24) is 9.97 Å². The number of carbonyl (C=O) groups excluding carboxylic acids is 1. The molecule has 0 saturated heterocycles. The molecule has 5 nitrogen and oxygen atoms in total. The SMILES string of the molecule is CCCCCCCC(=O)Oc1cnc(-c2ccc(OCCCCCC)cc2)nc1. The summed E-state index contributed by atoms with van der Waals surface area (Å²) in [6.45, 7) is 5.12. The predicted molar refractivity (Wildman–Crippen MR) is 116 cm³/mol. The van der Waals surface area contributed by atoms with Crippen molar-refractivity contribution in [2.45, 2.75) is 78.1 Å². The van der Waals surface area contributed by atoms with Crippen LogP contribution in [0.2, 0.25) is 0 Å². The van der Waals surface area contributed by atoms with E-state index in [2.05, 4.69) is 23.8 Å². The van der Waals surface area contributed by atoms with E-state index in [0.29, 0.717) is 18.0 Å². The molecule has 5 heteroatoms. The van der Waals surface area contributed by atoms with Crippen LogP contribution in [0.15, 0.2) is 36.7 Å². The Balaban J connectivity index is 1.76. The fourth-order valence-corrected chi connectivity index (χ4v) is 2.99. The molecule has 0 spiro atoms. The Morgan fingerprint density at radius 2 is 1.41 bits per heavy atom. The average molecular weight is 399 g/mol. The highest BCUT2D eigenvalue weighted by atomic mass is 16.5. The predicted octanol–water partition coefficient (Wildman–Crippen LogP) is 6.37. The van der Waals surface area contributed by atoms with Crippen molar-refractivity contribution < 1.29 is 14.3 Å². The Morgan fingerprint density at radius 1 is 0.793 bits per heavy atom. The van der Waals surface area contributed by atoms with E-state index in [-0.39, 0.29) is 5.97 Å². The highest BCUT2D eigenvalue weighted by Gasteiger charge is 2.07. The van der Waals surface area contributed by atoms with Gasteiger partial charge in [0.15, 0.2) is 11.6 Å². The summed E-state index contributed by atoms with van der Waals surface area (Å²) >= 11 is 0. The first-order chi connectivity index (χ1) is 14.2. The Kier molecular flexibility index (Phi) is 10.8. The first kappa shape index (κ1) is 22.9. The van der Waals surface area contributed by atoms with Crippen LogP contribution < -0.4 is 9.47 Å². The zero-order valence-corrected chi connectivity index (χ0v) is 17.9. The van der Waals surface area contributed by atoms with Crippen molar-refractivity contribution in [1.29, 1.82) is 0 Å². The van der Waals surface area contributed by atoms with E-state index < -0.39 is 0 Å². The first-order valence-electron chi connectivity index (χ1n) is 11.0. The number of nitrogens with zero attached hydrogens (tertiary/aromatic N) is 2. The summed E-state index contributed by atoms with van der Waals surface area (Å²) in [5.41, 5.74) is 0.900. The smallest absolute Gasteiger partial charge is 0.311 e. The third-order valence-corrected chi connectivity index (χ3v) is 4.72. The first-order valence-corrected chi connectivity index (χ1v) is 11.0. The molecule has 1 heterocycles. The molecule has 0 atom stereocenters. The highest BCUT2D eigenvalue weighted by molar-refractivity contribution is 5.72. The molecule has 0 bridgehead atoms. The maximum absolute atomic E-state index is 11.9. The van der Waals surface area contributed by atoms with Gasteiger partial charge in [0.1, 0.15) is 5.75 Å². The number of hydrogen-bond acceptors (Lipinski definition) is 5. The topological polar surface area (TPSA) is 61.3 Å². The molecule has 2 rings (SSSR count). The number of benzene rings is 1. The summed E-state index contributed by atoms with van der Waals surface area (Å²) in [4.78, 5) is 20.5. The standard InChI is InChI=1S/C24H34N2O3/c1-3-5-7-9-10-12-23(27)29-22-18-25-24(26-19-22)20-13-15-21(16-14-20)28-17-11-8-6-4-2/h13-16,18-19H,3-12,17H2,1-2H3. The molecule has 1 aromatic carbocycles. The second kappa shape index (κ2) is 13.7. The largest absolute Gasteiger partial charge is 0.494 e. The lowest BCUT2D eigenvalue weighted by Crippen LogP contribution is -2.08. The van der Waals surface area contributed by atoms with Crippen LogP contribution >= 0.6 is 0 Å². The Bertz CT molecular complexity index is 699. The third kappa shape index (κ3) is 9.07. The lowest BCUT2D eigenvalue weighted by Gasteiger charge is -2.07. The van der Waals surface area contributed by atoms with Crippen LogP contribution in [0.4, 0.5) is 0 Å². The molecule has 0 unspecified atom stereocenters. The van der Waals surface area contributed by atoms with E-state index in [0.717, 1.165) is 37.2 Å². The van der Waals surface area contributed by atoms with Crippen LogP contribution in [-0.4, -0.2) is 22.5 Å². The summed E-state index contributed by atoms with van der Waals surface area (Å²) in [6.07, 6.45) is 13.8. The van der Waals surface area contributed by atoms with E-state index in [1.165, 1.54) is 38.5 Å². The Morgan fingerprint density at radius 3 is 2.07 bits per heavy atom. The molecule has 0 amide bonds. The van der Waals surface area contributed by atoms with Crippen molar-refractivity contribution in [2.24, 2.45) is 0 Å². The molecule has 0 aliphatic rings. The fourth-order valence-electron chi connectivity index (χ4n) is 2.99. The highest BCUT2D eigenvalue weighted by Crippen LogP contribution is 2.21. The Labute approximate surface area is 174 Å². The summed E-state index contributed by atoms with van der Waals surface area (Å²) in [5, 5.41) is 0. The number of carbonyl (C=O) groups is 1.